The van der Waals surface area contributed by atoms with Gasteiger partial charge in [0.05, 0.1) is 5.69 Å². The molecule has 1 heterocycles. The normalized spacial score (nSPS) is 12.0. The molecule has 0 saturated heterocycles. The van der Waals surface area contributed by atoms with Crippen molar-refractivity contribution in [3.8, 4) is 11.3 Å². The van der Waals surface area contributed by atoms with Crippen molar-refractivity contribution in [2.75, 3.05) is 19.8 Å². The number of anilines is 1. The van der Waals surface area contributed by atoms with Gasteiger partial charge in [0, 0.05) is 25.7 Å². The summed E-state index contributed by atoms with van der Waals surface area (Å²) in [5, 5.41) is 3.94. The molecule has 0 atom stereocenters. The maximum absolute atomic E-state index is 12.8. The number of nitrogens with two attached hydrogens (primary N) is 1. The van der Waals surface area contributed by atoms with Gasteiger partial charge in [0.1, 0.15) is 11.6 Å². The molecule has 0 amide bonds. The van der Waals surface area contributed by atoms with Crippen LogP contribution in [-0.2, 0) is 10.2 Å². The Kier molecular flexibility index (Phi) is 3.29. The van der Waals surface area contributed by atoms with Crippen LogP contribution in [0.2, 0.25) is 0 Å². The largest absolute Gasteiger partial charge is 0.383 e. The van der Waals surface area contributed by atoms with Crippen LogP contribution in [0.3, 0.4) is 0 Å². The maximum Gasteiger partial charge on any atom is 0.324 e. The van der Waals surface area contributed by atoms with Crippen LogP contribution < -0.4 is 5.73 Å². The van der Waals surface area contributed by atoms with Gasteiger partial charge in [-0.15, -0.1) is 4.09 Å². The summed E-state index contributed by atoms with van der Waals surface area (Å²) in [6.07, 6.45) is 0. The van der Waals surface area contributed by atoms with E-state index in [1.165, 1.54) is 44.4 Å². The molecular weight excluding hydrogens is 271 g/mol. The maximum atomic E-state index is 12.8. The van der Waals surface area contributed by atoms with Crippen LogP contribution in [0.4, 0.5) is 10.2 Å². The standard InChI is InChI=1S/C11H13FN4O2S/c1-15(2)19(17,18)16-11(13)7-10(14-16)8-3-5-9(12)6-4-8/h3-7H,13H2,1-2H3. The molecule has 0 fully saturated rings. The first-order chi connectivity index (χ1) is 8.82. The van der Waals surface area contributed by atoms with Gasteiger partial charge < -0.3 is 5.73 Å². The van der Waals surface area contributed by atoms with Gasteiger partial charge in [-0.25, -0.2) is 4.39 Å². The first-order valence-corrected chi connectivity index (χ1v) is 6.76. The Morgan fingerprint density at radius 1 is 1.26 bits per heavy atom. The van der Waals surface area contributed by atoms with Crippen LogP contribution in [0, 0.1) is 5.82 Å². The second-order valence-corrected chi connectivity index (χ2v) is 6.07. The van der Waals surface area contributed by atoms with Gasteiger partial charge in [-0.05, 0) is 24.3 Å². The number of nitrogens with zero attached hydrogens (tertiary/aromatic N) is 3. The topological polar surface area (TPSA) is 81.2 Å². The predicted molar refractivity (Wildman–Crippen MR) is 70.0 cm³/mol. The molecule has 1 aromatic carbocycles. The van der Waals surface area contributed by atoms with Crippen LogP contribution in [0.5, 0.6) is 0 Å². The minimum Gasteiger partial charge on any atom is -0.383 e. The Hall–Kier alpha value is -1.93. The molecule has 2 aromatic rings. The third-order valence-corrected chi connectivity index (χ3v) is 4.18. The van der Waals surface area contributed by atoms with E-state index in [1.54, 1.807) is 0 Å². The quantitative estimate of drug-likeness (QED) is 0.909. The Labute approximate surface area is 110 Å². The van der Waals surface area contributed by atoms with E-state index < -0.39 is 10.2 Å². The summed E-state index contributed by atoms with van der Waals surface area (Å²) in [4.78, 5) is 0. The van der Waals surface area contributed by atoms with Gasteiger partial charge in [-0.1, -0.05) is 0 Å². The molecule has 6 nitrogen and oxygen atoms in total. The van der Waals surface area contributed by atoms with Crippen LogP contribution >= 0.6 is 0 Å². The predicted octanol–water partition coefficient (Wildman–Crippen LogP) is 0.926. The van der Waals surface area contributed by atoms with Crippen molar-refractivity contribution in [1.82, 2.24) is 13.5 Å². The number of hydrogen-bond acceptors (Lipinski definition) is 4. The van der Waals surface area contributed by atoms with Crippen LogP contribution in [0.15, 0.2) is 30.3 Å². The summed E-state index contributed by atoms with van der Waals surface area (Å²) >= 11 is 0. The summed E-state index contributed by atoms with van der Waals surface area (Å²) in [6, 6.07) is 6.97. The molecular formula is C11H13FN4O2S. The van der Waals surface area contributed by atoms with E-state index in [9.17, 15) is 12.8 Å². The smallest absolute Gasteiger partial charge is 0.324 e. The second-order valence-electron chi connectivity index (χ2n) is 4.09. The van der Waals surface area contributed by atoms with Gasteiger partial charge in [0.2, 0.25) is 0 Å². The Morgan fingerprint density at radius 2 is 1.84 bits per heavy atom. The van der Waals surface area contributed by atoms with E-state index in [0.29, 0.717) is 11.3 Å². The van der Waals surface area contributed by atoms with Crippen molar-refractivity contribution in [1.29, 1.82) is 0 Å². The monoisotopic (exact) mass is 284 g/mol. The Bertz CT molecular complexity index is 692. The summed E-state index contributed by atoms with van der Waals surface area (Å²) in [6.45, 7) is 0. The molecule has 2 N–H and O–H groups in total. The Balaban J connectivity index is 2.50. The lowest BCUT2D eigenvalue weighted by molar-refractivity contribution is 0.505. The van der Waals surface area contributed by atoms with E-state index in [2.05, 4.69) is 5.10 Å². The van der Waals surface area contributed by atoms with Gasteiger partial charge in [-0.3, -0.25) is 0 Å². The summed E-state index contributed by atoms with van der Waals surface area (Å²) in [7, 11) is -0.997. The molecule has 8 heteroatoms. The highest BCUT2D eigenvalue weighted by atomic mass is 32.2. The zero-order chi connectivity index (χ0) is 14.2. The highest BCUT2D eigenvalue weighted by Crippen LogP contribution is 2.22. The number of halogens is 1. The minimum absolute atomic E-state index is 0.00646. The zero-order valence-corrected chi connectivity index (χ0v) is 11.2. The highest BCUT2D eigenvalue weighted by molar-refractivity contribution is 7.87. The van der Waals surface area contributed by atoms with Gasteiger partial charge in [0.25, 0.3) is 0 Å². The van der Waals surface area contributed by atoms with Crippen molar-refractivity contribution in [2.24, 2.45) is 0 Å². The van der Waals surface area contributed by atoms with E-state index in [0.717, 1.165) is 8.39 Å². The van der Waals surface area contributed by atoms with Crippen molar-refractivity contribution in [3.05, 3.63) is 36.1 Å². The molecule has 0 radical (unpaired) electrons. The average molecular weight is 284 g/mol. The van der Waals surface area contributed by atoms with Crippen molar-refractivity contribution < 1.29 is 12.8 Å². The molecule has 0 aliphatic carbocycles. The lowest BCUT2D eigenvalue weighted by atomic mass is 10.1. The van der Waals surface area contributed by atoms with E-state index in [1.807, 2.05) is 0 Å². The number of hydrogen-bond donors (Lipinski definition) is 1. The van der Waals surface area contributed by atoms with Crippen molar-refractivity contribution in [3.63, 3.8) is 0 Å². The summed E-state index contributed by atoms with van der Waals surface area (Å²) in [5.41, 5.74) is 6.60. The number of rotatable bonds is 3. The van der Waals surface area contributed by atoms with Crippen LogP contribution in [-0.4, -0.2) is 36.0 Å². The molecule has 0 bridgehead atoms. The zero-order valence-electron chi connectivity index (χ0n) is 10.4. The molecule has 0 aliphatic heterocycles. The molecule has 19 heavy (non-hydrogen) atoms. The molecule has 0 unspecified atom stereocenters. The van der Waals surface area contributed by atoms with Crippen molar-refractivity contribution >= 4 is 16.0 Å². The molecule has 0 saturated carbocycles. The lowest BCUT2D eigenvalue weighted by Gasteiger charge is -2.11. The minimum atomic E-state index is -3.76. The van der Waals surface area contributed by atoms with Crippen LogP contribution in [0.1, 0.15) is 0 Å². The third kappa shape index (κ3) is 2.45. The lowest BCUT2D eigenvalue weighted by Crippen LogP contribution is -2.30. The van der Waals surface area contributed by atoms with Gasteiger partial charge >= 0.3 is 10.2 Å². The molecule has 0 aliphatic rings. The van der Waals surface area contributed by atoms with Gasteiger partial charge in [0.15, 0.2) is 0 Å². The summed E-state index contributed by atoms with van der Waals surface area (Å²) in [5.74, 6) is -0.384. The van der Waals surface area contributed by atoms with E-state index in [-0.39, 0.29) is 11.6 Å². The van der Waals surface area contributed by atoms with E-state index in [4.69, 9.17) is 5.73 Å². The Morgan fingerprint density at radius 3 is 2.37 bits per heavy atom. The SMILES string of the molecule is CN(C)S(=O)(=O)n1nc(-c2ccc(F)cc2)cc1N. The number of aromatic nitrogens is 2. The number of benzene rings is 1. The molecule has 0 spiro atoms. The first-order valence-electron chi connectivity index (χ1n) is 5.37. The van der Waals surface area contributed by atoms with Gasteiger partial charge in [-0.2, -0.15) is 17.8 Å². The molecule has 1 aromatic heterocycles. The fraction of sp³-hybridized carbons (Fsp3) is 0.182. The van der Waals surface area contributed by atoms with Crippen LogP contribution in [0.25, 0.3) is 11.3 Å². The molecule has 2 rings (SSSR count). The molecule has 102 valence electrons. The third-order valence-electron chi connectivity index (χ3n) is 2.52. The van der Waals surface area contributed by atoms with E-state index >= 15 is 0 Å². The fourth-order valence-corrected chi connectivity index (χ4v) is 2.30. The first kappa shape index (κ1) is 13.5. The number of nitrogen functional groups attached to an aromatic ring is 1. The fourth-order valence-electron chi connectivity index (χ4n) is 1.48. The second kappa shape index (κ2) is 4.63. The van der Waals surface area contributed by atoms with Crippen molar-refractivity contribution in [2.45, 2.75) is 0 Å². The average Bonchev–Trinajstić information content (AvgIpc) is 2.72. The highest BCUT2D eigenvalue weighted by Gasteiger charge is 2.21. The summed E-state index contributed by atoms with van der Waals surface area (Å²) < 4.78 is 38.5.